The van der Waals surface area contributed by atoms with Crippen molar-refractivity contribution in [2.45, 2.75) is 0 Å². The Morgan fingerprint density at radius 1 is 1.29 bits per heavy atom. The Morgan fingerprint density at radius 3 is 2.71 bits per heavy atom. The van der Waals surface area contributed by atoms with Crippen molar-refractivity contribution >= 4 is 39.0 Å². The fourth-order valence-corrected chi connectivity index (χ4v) is 1.90. The topological polar surface area (TPSA) is 61.6 Å². The fraction of sp³-hybridized carbons (Fsp3) is 0. The second-order valence-electron chi connectivity index (χ2n) is 3.15. The summed E-state index contributed by atoms with van der Waals surface area (Å²) in [6.45, 7) is 0. The molecule has 17 heavy (non-hydrogen) atoms. The number of benzene rings is 1. The van der Waals surface area contributed by atoms with Crippen molar-refractivity contribution in [3.63, 3.8) is 0 Å². The molecule has 0 spiro atoms. The van der Waals surface area contributed by atoms with E-state index in [0.717, 1.165) is 10.2 Å². The van der Waals surface area contributed by atoms with Crippen LogP contribution < -0.4 is 5.32 Å². The van der Waals surface area contributed by atoms with Crippen LogP contribution in [0, 0.1) is 11.3 Å². The van der Waals surface area contributed by atoms with E-state index in [2.05, 4.69) is 31.2 Å². The van der Waals surface area contributed by atoms with Crippen molar-refractivity contribution in [3.05, 3.63) is 45.8 Å². The molecule has 4 nitrogen and oxygen atoms in total. The summed E-state index contributed by atoms with van der Waals surface area (Å²) in [5.74, 6) is 0.535. The predicted octanol–water partition coefficient (Wildman–Crippen LogP) is 3.51. The van der Waals surface area contributed by atoms with Gasteiger partial charge in [-0.1, -0.05) is 27.5 Å². The summed E-state index contributed by atoms with van der Waals surface area (Å²) in [6.07, 6.45) is 2.88. The van der Waals surface area contributed by atoms with Gasteiger partial charge in [0.15, 0.2) is 5.69 Å². The highest BCUT2D eigenvalue weighted by Gasteiger charge is 2.02. The second-order valence-corrected chi connectivity index (χ2v) is 4.47. The zero-order valence-electron chi connectivity index (χ0n) is 8.48. The SMILES string of the molecule is N#Cc1cnc(Nc2ccc(Br)cc2Cl)cn1. The number of nitriles is 1. The van der Waals surface area contributed by atoms with Crippen molar-refractivity contribution in [2.75, 3.05) is 5.32 Å². The lowest BCUT2D eigenvalue weighted by Crippen LogP contribution is -1.96. The van der Waals surface area contributed by atoms with Gasteiger partial charge in [0.2, 0.25) is 0 Å². The van der Waals surface area contributed by atoms with E-state index in [0.29, 0.717) is 10.8 Å². The first kappa shape index (κ1) is 11.8. The average Bonchev–Trinajstić information content (AvgIpc) is 2.34. The highest BCUT2D eigenvalue weighted by Crippen LogP contribution is 2.27. The normalized spacial score (nSPS) is 9.71. The largest absolute Gasteiger partial charge is 0.338 e. The Hall–Kier alpha value is -1.64. The van der Waals surface area contributed by atoms with E-state index in [1.807, 2.05) is 18.2 Å². The van der Waals surface area contributed by atoms with E-state index >= 15 is 0 Å². The Kier molecular flexibility index (Phi) is 3.57. The predicted molar refractivity (Wildman–Crippen MR) is 69.2 cm³/mol. The third kappa shape index (κ3) is 2.93. The molecule has 0 saturated heterocycles. The number of nitrogens with zero attached hydrogens (tertiary/aromatic N) is 3. The molecule has 0 unspecified atom stereocenters. The lowest BCUT2D eigenvalue weighted by molar-refractivity contribution is 1.16. The van der Waals surface area contributed by atoms with Crippen LogP contribution in [0.25, 0.3) is 0 Å². The van der Waals surface area contributed by atoms with Gasteiger partial charge < -0.3 is 5.32 Å². The minimum absolute atomic E-state index is 0.275. The van der Waals surface area contributed by atoms with Gasteiger partial charge in [-0.05, 0) is 18.2 Å². The molecule has 2 aromatic rings. The summed E-state index contributed by atoms with van der Waals surface area (Å²) in [5.41, 5.74) is 1.01. The van der Waals surface area contributed by atoms with Crippen LogP contribution in [0.5, 0.6) is 0 Å². The van der Waals surface area contributed by atoms with Gasteiger partial charge in [-0.3, -0.25) is 0 Å². The first-order valence-corrected chi connectivity index (χ1v) is 5.80. The molecular weight excluding hydrogens is 304 g/mol. The van der Waals surface area contributed by atoms with Crippen LogP contribution in [0.15, 0.2) is 35.1 Å². The number of halogens is 2. The Morgan fingerprint density at radius 2 is 2.12 bits per heavy atom. The van der Waals surface area contributed by atoms with Crippen LogP contribution in [-0.4, -0.2) is 9.97 Å². The quantitative estimate of drug-likeness (QED) is 0.922. The maximum Gasteiger partial charge on any atom is 0.158 e. The summed E-state index contributed by atoms with van der Waals surface area (Å²) in [4.78, 5) is 7.94. The number of aromatic nitrogens is 2. The number of anilines is 2. The van der Waals surface area contributed by atoms with Crippen molar-refractivity contribution in [2.24, 2.45) is 0 Å². The molecule has 1 N–H and O–H groups in total. The minimum Gasteiger partial charge on any atom is -0.338 e. The first-order valence-electron chi connectivity index (χ1n) is 4.63. The number of hydrogen-bond acceptors (Lipinski definition) is 4. The third-order valence-electron chi connectivity index (χ3n) is 1.96. The van der Waals surface area contributed by atoms with Crippen LogP contribution in [-0.2, 0) is 0 Å². The minimum atomic E-state index is 0.275. The molecule has 0 saturated carbocycles. The molecule has 0 radical (unpaired) electrons. The molecule has 0 bridgehead atoms. The second kappa shape index (κ2) is 5.13. The molecule has 0 aliphatic rings. The molecule has 0 atom stereocenters. The van der Waals surface area contributed by atoms with E-state index in [1.54, 1.807) is 6.07 Å². The van der Waals surface area contributed by atoms with Gasteiger partial charge in [0.05, 0.1) is 23.1 Å². The van der Waals surface area contributed by atoms with Crippen LogP contribution in [0.1, 0.15) is 5.69 Å². The zero-order valence-corrected chi connectivity index (χ0v) is 10.8. The third-order valence-corrected chi connectivity index (χ3v) is 2.77. The van der Waals surface area contributed by atoms with Crippen LogP contribution in [0.2, 0.25) is 5.02 Å². The molecule has 1 heterocycles. The summed E-state index contributed by atoms with van der Waals surface area (Å²) in [6, 6.07) is 7.37. The van der Waals surface area contributed by atoms with Crippen LogP contribution in [0.4, 0.5) is 11.5 Å². The molecule has 1 aromatic carbocycles. The summed E-state index contributed by atoms with van der Waals surface area (Å²) < 4.78 is 0.902. The molecule has 6 heteroatoms. The molecular formula is C11H6BrClN4. The monoisotopic (exact) mass is 308 g/mol. The standard InChI is InChI=1S/C11H6BrClN4/c12-7-1-2-10(9(13)3-7)17-11-6-15-8(4-14)5-16-11/h1-3,5-6H,(H,16,17). The van der Waals surface area contributed by atoms with Crippen molar-refractivity contribution in [3.8, 4) is 6.07 Å². The smallest absolute Gasteiger partial charge is 0.158 e. The Labute approximate surface area is 111 Å². The highest BCUT2D eigenvalue weighted by molar-refractivity contribution is 9.10. The van der Waals surface area contributed by atoms with E-state index in [9.17, 15) is 0 Å². The molecule has 0 aliphatic carbocycles. The van der Waals surface area contributed by atoms with Gasteiger partial charge in [-0.2, -0.15) is 5.26 Å². The summed E-state index contributed by atoms with van der Waals surface area (Å²) in [7, 11) is 0. The summed E-state index contributed by atoms with van der Waals surface area (Å²) >= 11 is 9.37. The van der Waals surface area contributed by atoms with Crippen LogP contribution >= 0.6 is 27.5 Å². The molecule has 0 aliphatic heterocycles. The first-order chi connectivity index (χ1) is 8.19. The van der Waals surface area contributed by atoms with Crippen molar-refractivity contribution in [1.82, 2.24) is 9.97 Å². The molecule has 2 rings (SSSR count). The molecule has 0 fully saturated rings. The van der Waals surface area contributed by atoms with Gasteiger partial charge in [0.1, 0.15) is 11.9 Å². The van der Waals surface area contributed by atoms with Crippen molar-refractivity contribution < 1.29 is 0 Å². The van der Waals surface area contributed by atoms with E-state index < -0.39 is 0 Å². The molecule has 84 valence electrons. The molecule has 1 aromatic heterocycles. The van der Waals surface area contributed by atoms with Gasteiger partial charge in [0.25, 0.3) is 0 Å². The van der Waals surface area contributed by atoms with Gasteiger partial charge in [-0.15, -0.1) is 0 Å². The van der Waals surface area contributed by atoms with Crippen molar-refractivity contribution in [1.29, 1.82) is 5.26 Å². The van der Waals surface area contributed by atoms with Gasteiger partial charge in [0, 0.05) is 4.47 Å². The van der Waals surface area contributed by atoms with Gasteiger partial charge >= 0.3 is 0 Å². The van der Waals surface area contributed by atoms with E-state index in [-0.39, 0.29) is 5.69 Å². The van der Waals surface area contributed by atoms with Gasteiger partial charge in [-0.25, -0.2) is 9.97 Å². The van der Waals surface area contributed by atoms with E-state index in [1.165, 1.54) is 12.4 Å². The van der Waals surface area contributed by atoms with Crippen LogP contribution in [0.3, 0.4) is 0 Å². The number of hydrogen-bond donors (Lipinski definition) is 1. The fourth-order valence-electron chi connectivity index (χ4n) is 1.18. The molecule has 0 amide bonds. The number of nitrogens with one attached hydrogen (secondary N) is 1. The highest BCUT2D eigenvalue weighted by atomic mass is 79.9. The number of rotatable bonds is 2. The Balaban J connectivity index is 2.23. The zero-order chi connectivity index (χ0) is 12.3. The maximum absolute atomic E-state index is 8.59. The van der Waals surface area contributed by atoms with E-state index in [4.69, 9.17) is 16.9 Å². The lowest BCUT2D eigenvalue weighted by atomic mass is 10.3. The average molecular weight is 310 g/mol. The Bertz CT molecular complexity index is 577. The summed E-state index contributed by atoms with van der Waals surface area (Å²) in [5, 5.41) is 12.2. The lowest BCUT2D eigenvalue weighted by Gasteiger charge is -2.07. The maximum atomic E-state index is 8.59.